The Kier molecular flexibility index (Phi) is 3.82. The van der Waals surface area contributed by atoms with Crippen LogP contribution in [0.1, 0.15) is 36.6 Å². The van der Waals surface area contributed by atoms with Gasteiger partial charge in [-0.3, -0.25) is 0 Å². The molecule has 0 spiro atoms. The molecule has 0 radical (unpaired) electrons. The third-order valence-electron chi connectivity index (χ3n) is 3.33. The van der Waals surface area contributed by atoms with Crippen molar-refractivity contribution >= 4 is 0 Å². The minimum Gasteiger partial charge on any atom is -0.330 e. The molecule has 0 saturated carbocycles. The predicted octanol–water partition coefficient (Wildman–Crippen LogP) is 2.81. The highest BCUT2D eigenvalue weighted by atomic mass is 15.3. The van der Waals surface area contributed by atoms with Gasteiger partial charge in [0, 0.05) is 5.69 Å². The Hall–Kier alpha value is -1.61. The summed E-state index contributed by atoms with van der Waals surface area (Å²) in [5.41, 5.74) is 10.5. The first kappa shape index (κ1) is 12.8. The average Bonchev–Trinajstić information content (AvgIpc) is 2.72. The maximum atomic E-state index is 5.59. The van der Waals surface area contributed by atoms with Crippen molar-refractivity contribution in [3.63, 3.8) is 0 Å². The molecule has 0 amide bonds. The predicted molar refractivity (Wildman–Crippen MR) is 75.1 cm³/mol. The van der Waals surface area contributed by atoms with E-state index in [1.54, 1.807) is 0 Å². The average molecular weight is 243 g/mol. The van der Waals surface area contributed by atoms with Gasteiger partial charge in [-0.25, -0.2) is 4.68 Å². The molecule has 3 heteroatoms. The maximum absolute atomic E-state index is 5.59. The summed E-state index contributed by atoms with van der Waals surface area (Å²) in [7, 11) is 0. The van der Waals surface area contributed by atoms with E-state index < -0.39 is 0 Å². The first-order valence-corrected chi connectivity index (χ1v) is 6.47. The Morgan fingerprint density at radius 2 is 1.89 bits per heavy atom. The first-order chi connectivity index (χ1) is 8.63. The lowest BCUT2D eigenvalue weighted by Gasteiger charge is -2.08. The minimum atomic E-state index is 0.561. The lowest BCUT2D eigenvalue weighted by molar-refractivity contribution is 0.832. The van der Waals surface area contributed by atoms with E-state index in [0.29, 0.717) is 12.5 Å². The zero-order valence-electron chi connectivity index (χ0n) is 11.4. The van der Waals surface area contributed by atoms with Gasteiger partial charge in [0.1, 0.15) is 0 Å². The lowest BCUT2D eigenvalue weighted by Crippen LogP contribution is -2.04. The van der Waals surface area contributed by atoms with Crippen molar-refractivity contribution < 1.29 is 0 Å². The van der Waals surface area contributed by atoms with Crippen molar-refractivity contribution in [3.05, 3.63) is 47.3 Å². The lowest BCUT2D eigenvalue weighted by atomic mass is 10.0. The molecule has 3 nitrogen and oxygen atoms in total. The van der Waals surface area contributed by atoms with Crippen LogP contribution < -0.4 is 5.73 Å². The second-order valence-electron chi connectivity index (χ2n) is 4.95. The van der Waals surface area contributed by atoms with Crippen LogP contribution in [-0.4, -0.2) is 16.3 Å². The highest BCUT2D eigenvalue weighted by Crippen LogP contribution is 2.18. The molecule has 0 aliphatic rings. The number of hydrogen-bond acceptors (Lipinski definition) is 2. The molecule has 1 aromatic heterocycles. The molecule has 2 aromatic rings. The van der Waals surface area contributed by atoms with Gasteiger partial charge in [-0.2, -0.15) is 5.10 Å². The fraction of sp³-hybridized carbons (Fsp3) is 0.400. The van der Waals surface area contributed by atoms with E-state index in [0.717, 1.165) is 12.1 Å². The molecule has 96 valence electrons. The standard InChI is InChI=1S/C15H21N3/c1-11(2)13-4-6-15(7-5-13)18-12(3)14(8-9-16)10-17-18/h4-7,10-11H,8-9,16H2,1-3H3. The molecule has 1 heterocycles. The van der Waals surface area contributed by atoms with Crippen molar-refractivity contribution in [2.24, 2.45) is 5.73 Å². The fourth-order valence-electron chi connectivity index (χ4n) is 2.11. The van der Waals surface area contributed by atoms with Gasteiger partial charge in [0.25, 0.3) is 0 Å². The Balaban J connectivity index is 2.31. The topological polar surface area (TPSA) is 43.8 Å². The molecule has 0 unspecified atom stereocenters. The third kappa shape index (κ3) is 2.46. The van der Waals surface area contributed by atoms with Crippen LogP contribution in [0.2, 0.25) is 0 Å². The molecule has 0 aliphatic heterocycles. The number of hydrogen-bond donors (Lipinski definition) is 1. The molecule has 2 N–H and O–H groups in total. The van der Waals surface area contributed by atoms with Crippen LogP contribution >= 0.6 is 0 Å². The summed E-state index contributed by atoms with van der Waals surface area (Å²) in [5, 5.41) is 4.44. The van der Waals surface area contributed by atoms with Gasteiger partial charge < -0.3 is 5.73 Å². The molecule has 2 rings (SSSR count). The SMILES string of the molecule is Cc1c(CCN)cnn1-c1ccc(C(C)C)cc1. The Labute approximate surface area is 109 Å². The second-order valence-corrected chi connectivity index (χ2v) is 4.95. The van der Waals surface area contributed by atoms with Gasteiger partial charge in [-0.1, -0.05) is 26.0 Å². The quantitative estimate of drug-likeness (QED) is 0.897. The van der Waals surface area contributed by atoms with Gasteiger partial charge in [0.05, 0.1) is 11.9 Å². The van der Waals surface area contributed by atoms with E-state index >= 15 is 0 Å². The monoisotopic (exact) mass is 243 g/mol. The van der Waals surface area contributed by atoms with E-state index in [2.05, 4.69) is 50.1 Å². The summed E-state index contributed by atoms with van der Waals surface area (Å²) in [6, 6.07) is 8.59. The highest BCUT2D eigenvalue weighted by Gasteiger charge is 2.07. The molecule has 0 atom stereocenters. The molecule has 0 fully saturated rings. The van der Waals surface area contributed by atoms with Crippen LogP contribution in [0.3, 0.4) is 0 Å². The van der Waals surface area contributed by atoms with E-state index in [1.165, 1.54) is 16.8 Å². The highest BCUT2D eigenvalue weighted by molar-refractivity contribution is 5.37. The number of benzene rings is 1. The molecular weight excluding hydrogens is 222 g/mol. The van der Waals surface area contributed by atoms with Crippen LogP contribution in [-0.2, 0) is 6.42 Å². The molecule has 0 saturated heterocycles. The van der Waals surface area contributed by atoms with E-state index in [9.17, 15) is 0 Å². The van der Waals surface area contributed by atoms with Crippen molar-refractivity contribution in [1.82, 2.24) is 9.78 Å². The normalized spacial score (nSPS) is 11.2. The van der Waals surface area contributed by atoms with Crippen molar-refractivity contribution in [1.29, 1.82) is 0 Å². The molecule has 18 heavy (non-hydrogen) atoms. The van der Waals surface area contributed by atoms with Crippen LogP contribution in [0, 0.1) is 6.92 Å². The van der Waals surface area contributed by atoms with Crippen LogP contribution in [0.15, 0.2) is 30.5 Å². The molecule has 0 bridgehead atoms. The Morgan fingerprint density at radius 3 is 2.44 bits per heavy atom. The summed E-state index contributed by atoms with van der Waals surface area (Å²) in [6.45, 7) is 7.16. The van der Waals surface area contributed by atoms with Gasteiger partial charge in [0.15, 0.2) is 0 Å². The number of nitrogens with two attached hydrogens (primary N) is 1. The third-order valence-corrected chi connectivity index (χ3v) is 3.33. The summed E-state index contributed by atoms with van der Waals surface area (Å²) in [6.07, 6.45) is 2.80. The first-order valence-electron chi connectivity index (χ1n) is 6.47. The largest absolute Gasteiger partial charge is 0.330 e. The molecule has 1 aromatic carbocycles. The number of nitrogens with zero attached hydrogens (tertiary/aromatic N) is 2. The Morgan fingerprint density at radius 1 is 1.22 bits per heavy atom. The number of aromatic nitrogens is 2. The van der Waals surface area contributed by atoms with Crippen molar-refractivity contribution in [2.75, 3.05) is 6.54 Å². The summed E-state index contributed by atoms with van der Waals surface area (Å²) in [4.78, 5) is 0. The van der Waals surface area contributed by atoms with Crippen LogP contribution in [0.5, 0.6) is 0 Å². The van der Waals surface area contributed by atoms with Crippen molar-refractivity contribution in [3.8, 4) is 5.69 Å². The fourth-order valence-corrected chi connectivity index (χ4v) is 2.11. The number of rotatable bonds is 4. The molecular formula is C15H21N3. The Bertz CT molecular complexity index is 509. The summed E-state index contributed by atoms with van der Waals surface area (Å²) in [5.74, 6) is 0.561. The second kappa shape index (κ2) is 5.36. The minimum absolute atomic E-state index is 0.561. The van der Waals surface area contributed by atoms with Crippen LogP contribution in [0.4, 0.5) is 0 Å². The zero-order valence-corrected chi connectivity index (χ0v) is 11.4. The zero-order chi connectivity index (χ0) is 13.1. The van der Waals surface area contributed by atoms with Gasteiger partial charge in [-0.05, 0) is 49.1 Å². The van der Waals surface area contributed by atoms with E-state index in [1.807, 2.05) is 10.9 Å². The van der Waals surface area contributed by atoms with Gasteiger partial charge in [0.2, 0.25) is 0 Å². The summed E-state index contributed by atoms with van der Waals surface area (Å²) < 4.78 is 1.98. The smallest absolute Gasteiger partial charge is 0.0648 e. The van der Waals surface area contributed by atoms with Gasteiger partial charge >= 0.3 is 0 Å². The van der Waals surface area contributed by atoms with Gasteiger partial charge in [-0.15, -0.1) is 0 Å². The molecule has 0 aliphatic carbocycles. The van der Waals surface area contributed by atoms with E-state index in [-0.39, 0.29) is 0 Å². The summed E-state index contributed by atoms with van der Waals surface area (Å²) >= 11 is 0. The van der Waals surface area contributed by atoms with Crippen LogP contribution in [0.25, 0.3) is 5.69 Å². The maximum Gasteiger partial charge on any atom is 0.0648 e. The van der Waals surface area contributed by atoms with E-state index in [4.69, 9.17) is 5.73 Å². The van der Waals surface area contributed by atoms with Crippen molar-refractivity contribution in [2.45, 2.75) is 33.1 Å².